The highest BCUT2D eigenvalue weighted by atomic mass is 32.2. The van der Waals surface area contributed by atoms with Crippen LogP contribution < -0.4 is 71.6 Å². The fourth-order valence-electron chi connectivity index (χ4n) is 10.2. The largest absolute Gasteiger partial charge is 0.370 e. The van der Waals surface area contributed by atoms with E-state index in [4.69, 9.17) is 34.4 Å². The standard InChI is InChI=1S/C59H88N18O10S/c1-4-34(2)49(76-56(85)45(29-36-31-68-40-17-9-8-16-38(36)40)74-51(80)39(61)28-35-14-6-5-7-15-35)57(86)72-43(21-22-48(62)78)54(83)71-42(19-12-25-67-59(64)65)52(81)70-41(18-10-11-24-60)53(82)75-46(30-37-32-66-33-69-37)55(84)73-44(23-27-88-3)58(87)77-26-13-20-47(77)50(63)79/h5-9,14-17,31-34,39,41-47,49,68H,4,10-13,18-30,60-61H2,1-3H3,(H2,62,78)(H2,63,79)(H,66,69)(H,70,81)(H,71,83)(H,72,86)(H,73,84)(H,74,80)(H,75,82)(H,76,85)(H4,64,65,67)/t34-,39-,41-,42-,43-,44-,45-,46-,47-,49-/m0/s1. The lowest BCUT2D eigenvalue weighted by Crippen LogP contribution is -2.61. The van der Waals surface area contributed by atoms with Crippen LogP contribution in [0.4, 0.5) is 0 Å². The molecule has 0 aliphatic carbocycles. The van der Waals surface area contributed by atoms with E-state index in [9.17, 15) is 47.9 Å². The maximum atomic E-state index is 14.6. The van der Waals surface area contributed by atoms with Crippen molar-refractivity contribution >= 4 is 87.7 Å². The second-order valence-electron chi connectivity index (χ2n) is 22.0. The van der Waals surface area contributed by atoms with E-state index in [2.05, 4.69) is 57.2 Å². The molecule has 0 bridgehead atoms. The van der Waals surface area contributed by atoms with Crippen LogP contribution in [0.3, 0.4) is 0 Å². The lowest BCUT2D eigenvalue weighted by atomic mass is 9.96. The fraction of sp³-hybridized carbons (Fsp3) is 0.525. The van der Waals surface area contributed by atoms with Crippen LogP contribution in [0.25, 0.3) is 10.9 Å². The zero-order valence-electron chi connectivity index (χ0n) is 50.2. The molecule has 1 saturated heterocycles. The van der Waals surface area contributed by atoms with Gasteiger partial charge >= 0.3 is 0 Å². The minimum absolute atomic E-state index is 0.00691. The number of para-hydroxylation sites is 1. The molecule has 10 amide bonds. The number of guanidine groups is 1. The first-order valence-corrected chi connectivity index (χ1v) is 31.1. The number of likely N-dealkylation sites (tertiary alicyclic amines) is 1. The summed E-state index contributed by atoms with van der Waals surface area (Å²) >= 11 is 1.44. The fourth-order valence-corrected chi connectivity index (χ4v) is 10.7. The van der Waals surface area contributed by atoms with E-state index < -0.39 is 126 Å². The molecule has 0 spiro atoms. The van der Waals surface area contributed by atoms with Crippen LogP contribution in [0.1, 0.15) is 101 Å². The Morgan fingerprint density at radius 2 is 1.27 bits per heavy atom. The van der Waals surface area contributed by atoms with Crippen LogP contribution in [-0.2, 0) is 67.2 Å². The molecule has 1 fully saturated rings. The van der Waals surface area contributed by atoms with Gasteiger partial charge in [0.25, 0.3) is 0 Å². The zero-order valence-corrected chi connectivity index (χ0v) is 51.0. The smallest absolute Gasteiger partial charge is 0.245 e. The summed E-state index contributed by atoms with van der Waals surface area (Å²) in [6.07, 6.45) is 7.86. The summed E-state index contributed by atoms with van der Waals surface area (Å²) in [6.45, 7) is 4.00. The van der Waals surface area contributed by atoms with Crippen molar-refractivity contribution in [3.63, 3.8) is 0 Å². The van der Waals surface area contributed by atoms with Gasteiger partial charge in [-0.05, 0) is 106 Å². The van der Waals surface area contributed by atoms with Crippen molar-refractivity contribution in [1.82, 2.24) is 57.1 Å². The molecule has 29 heteroatoms. The Labute approximate surface area is 515 Å². The molecule has 28 nitrogen and oxygen atoms in total. The first-order chi connectivity index (χ1) is 42.1. The molecule has 5 rings (SSSR count). The molecule has 0 unspecified atom stereocenters. The van der Waals surface area contributed by atoms with Gasteiger partial charge in [-0.2, -0.15) is 11.8 Å². The second kappa shape index (κ2) is 35.9. The van der Waals surface area contributed by atoms with Crippen LogP contribution in [-0.4, -0.2) is 171 Å². The van der Waals surface area contributed by atoms with Gasteiger partial charge in [0.1, 0.15) is 48.3 Å². The highest BCUT2D eigenvalue weighted by Crippen LogP contribution is 2.22. The summed E-state index contributed by atoms with van der Waals surface area (Å²) in [5.74, 6) is -7.89. The van der Waals surface area contributed by atoms with Crippen LogP contribution in [0, 0.1) is 5.92 Å². The van der Waals surface area contributed by atoms with Crippen LogP contribution in [0.15, 0.2) is 78.3 Å². The monoisotopic (exact) mass is 1240 g/mol. The Hall–Kier alpha value is -8.57. The lowest BCUT2D eigenvalue weighted by molar-refractivity contribution is -0.141. The van der Waals surface area contributed by atoms with Gasteiger partial charge in [-0.15, -0.1) is 0 Å². The van der Waals surface area contributed by atoms with E-state index in [0.29, 0.717) is 49.1 Å². The summed E-state index contributed by atoms with van der Waals surface area (Å²) < 4.78 is 0. The van der Waals surface area contributed by atoms with Gasteiger partial charge in [0, 0.05) is 61.3 Å². The molecule has 21 N–H and O–H groups in total. The number of aliphatic imine (C=N–C) groups is 1. The average molecular weight is 1240 g/mol. The minimum Gasteiger partial charge on any atom is -0.370 e. The van der Waals surface area contributed by atoms with Crippen LogP contribution >= 0.6 is 11.8 Å². The second-order valence-corrected chi connectivity index (χ2v) is 23.0. The molecule has 0 radical (unpaired) electrons. The number of H-pyrrole nitrogens is 2. The predicted molar refractivity (Wildman–Crippen MR) is 334 cm³/mol. The molecule has 480 valence electrons. The summed E-state index contributed by atoms with van der Waals surface area (Å²) in [7, 11) is 0. The third-order valence-corrected chi connectivity index (χ3v) is 16.0. The number of nitrogens with one attached hydrogen (secondary N) is 9. The SMILES string of the molecule is CC[C@H](C)[C@H](NC(=O)[C@H](Cc1c[nH]c2ccccc12)NC(=O)[C@@H](N)Cc1ccccc1)C(=O)N[C@@H](CCC(N)=O)C(=O)N[C@@H](CCCN=C(N)N)C(=O)N[C@@H](CCCCN)C(=O)N[C@@H](Cc1cnc[nH]1)C(=O)N[C@@H](CCSC)C(=O)N1CCC[C@H]1C(N)=O. The van der Waals surface area contributed by atoms with Crippen molar-refractivity contribution in [2.24, 2.45) is 45.3 Å². The summed E-state index contributed by atoms with van der Waals surface area (Å²) in [6, 6.07) is 5.26. The summed E-state index contributed by atoms with van der Waals surface area (Å²) in [5.41, 5.74) is 37.4. The van der Waals surface area contributed by atoms with Gasteiger partial charge in [0.2, 0.25) is 59.1 Å². The molecule has 1 aliphatic heterocycles. The first-order valence-electron chi connectivity index (χ1n) is 29.7. The van der Waals surface area contributed by atoms with Crippen molar-refractivity contribution in [3.05, 3.63) is 90.1 Å². The summed E-state index contributed by atoms with van der Waals surface area (Å²) in [5, 5.41) is 20.0. The summed E-state index contributed by atoms with van der Waals surface area (Å²) in [4.78, 5) is 155. The molecule has 2 aromatic carbocycles. The molecule has 0 saturated carbocycles. The number of rotatable bonds is 38. The van der Waals surface area contributed by atoms with Gasteiger partial charge in [-0.1, -0.05) is 68.8 Å². The molecular weight excluding hydrogens is 1150 g/mol. The van der Waals surface area contributed by atoms with Gasteiger partial charge in [0.15, 0.2) is 5.96 Å². The number of imidazole rings is 1. The van der Waals surface area contributed by atoms with Gasteiger partial charge in [-0.3, -0.25) is 52.9 Å². The molecule has 2 aromatic heterocycles. The number of primary amides is 2. The number of carbonyl (C=O) groups excluding carboxylic acids is 10. The molecule has 88 heavy (non-hydrogen) atoms. The highest BCUT2D eigenvalue weighted by molar-refractivity contribution is 7.98. The highest BCUT2D eigenvalue weighted by Gasteiger charge is 2.39. The number of amides is 10. The number of fused-ring (bicyclic) bond motifs is 1. The molecule has 10 atom stereocenters. The maximum Gasteiger partial charge on any atom is 0.245 e. The van der Waals surface area contributed by atoms with Crippen molar-refractivity contribution in [2.75, 3.05) is 31.6 Å². The third-order valence-electron chi connectivity index (χ3n) is 15.3. The lowest BCUT2D eigenvalue weighted by Gasteiger charge is -2.30. The number of benzene rings is 2. The molecule has 3 heterocycles. The number of carbonyl (C=O) groups is 10. The number of hydrogen-bond acceptors (Lipinski definition) is 15. The van der Waals surface area contributed by atoms with Crippen molar-refractivity contribution in [2.45, 2.75) is 158 Å². The van der Waals surface area contributed by atoms with Crippen molar-refractivity contribution < 1.29 is 47.9 Å². The van der Waals surface area contributed by atoms with Gasteiger partial charge in [0.05, 0.1) is 12.4 Å². The average Bonchev–Trinajstić information content (AvgIpc) is 2.36. The number of nitrogens with zero attached hydrogens (tertiary/aromatic N) is 3. The van der Waals surface area contributed by atoms with E-state index in [-0.39, 0.29) is 77.0 Å². The predicted octanol–water partition coefficient (Wildman–Crippen LogP) is -1.64. The third kappa shape index (κ3) is 22.0. The normalized spacial score (nSPS) is 16.0. The van der Waals surface area contributed by atoms with Crippen molar-refractivity contribution in [3.8, 4) is 0 Å². The Morgan fingerprint density at radius 3 is 1.90 bits per heavy atom. The number of hydrogen-bond donors (Lipinski definition) is 15. The molecular formula is C59H88N18O10S. The van der Waals surface area contributed by atoms with E-state index in [0.717, 1.165) is 16.5 Å². The Kier molecular flexibility index (Phi) is 28.6. The van der Waals surface area contributed by atoms with E-state index >= 15 is 0 Å². The Bertz CT molecular complexity index is 3000. The topological polar surface area (TPSA) is 471 Å². The minimum atomic E-state index is -1.54. The van der Waals surface area contributed by atoms with E-state index in [1.807, 2.05) is 60.9 Å². The van der Waals surface area contributed by atoms with E-state index in [1.54, 1.807) is 20.0 Å². The van der Waals surface area contributed by atoms with Gasteiger partial charge in [-0.25, -0.2) is 4.98 Å². The quantitative estimate of drug-likeness (QED) is 0.0136. The van der Waals surface area contributed by atoms with Crippen LogP contribution in [0.2, 0.25) is 0 Å². The molecule has 4 aromatic rings. The zero-order chi connectivity index (χ0) is 64.3. The number of aromatic nitrogens is 3. The Morgan fingerprint density at radius 1 is 0.682 bits per heavy atom. The van der Waals surface area contributed by atoms with E-state index in [1.165, 1.54) is 29.2 Å². The maximum absolute atomic E-state index is 14.6. The number of aromatic amines is 2. The van der Waals surface area contributed by atoms with Crippen LogP contribution in [0.5, 0.6) is 0 Å². The Balaban J connectivity index is 1.40. The first kappa shape index (κ1) is 70.2. The van der Waals surface area contributed by atoms with Crippen molar-refractivity contribution in [1.29, 1.82) is 0 Å². The number of thioether (sulfide) groups is 1. The molecule has 1 aliphatic rings. The number of nitrogens with two attached hydrogens (primary N) is 6. The van der Waals surface area contributed by atoms with Gasteiger partial charge < -0.3 is 86.5 Å². The number of unbranched alkanes of at least 4 members (excludes halogenated alkanes) is 1.